The number of nitrogens with two attached hydrogens (primary N) is 1. The number of ether oxygens (including phenoxy) is 2. The predicted molar refractivity (Wildman–Crippen MR) is 86.0 cm³/mol. The lowest BCUT2D eigenvalue weighted by Gasteiger charge is -2.41. The lowest BCUT2D eigenvalue weighted by Crippen LogP contribution is -2.48. The van der Waals surface area contributed by atoms with Gasteiger partial charge in [-0.1, -0.05) is 24.3 Å². The average molecular weight is 329 g/mol. The molecule has 3 rings (SSSR count). The first-order valence-corrected chi connectivity index (χ1v) is 7.79. The van der Waals surface area contributed by atoms with E-state index in [1.807, 2.05) is 0 Å². The minimum atomic E-state index is -0.850. The number of ketones is 2. The molecule has 2 N–H and O–H groups in total. The topological polar surface area (TPSA) is 95.7 Å². The Morgan fingerprint density at radius 3 is 2.50 bits per heavy atom. The van der Waals surface area contributed by atoms with E-state index in [-0.39, 0.29) is 12.0 Å². The third kappa shape index (κ3) is 2.53. The van der Waals surface area contributed by atoms with Gasteiger partial charge in [-0.2, -0.15) is 0 Å². The first kappa shape index (κ1) is 16.4. The van der Waals surface area contributed by atoms with Crippen LogP contribution in [0.1, 0.15) is 43.1 Å². The third-order valence-electron chi connectivity index (χ3n) is 4.33. The molecule has 0 saturated heterocycles. The molecule has 6 nitrogen and oxygen atoms in total. The number of fused-ring (bicyclic) bond motifs is 2. The molecular formula is C18H19NO5. The van der Waals surface area contributed by atoms with Gasteiger partial charge in [0.15, 0.2) is 0 Å². The van der Waals surface area contributed by atoms with Crippen LogP contribution in [0.3, 0.4) is 0 Å². The van der Waals surface area contributed by atoms with E-state index < -0.39 is 35.3 Å². The highest BCUT2D eigenvalue weighted by atomic mass is 16.6. The number of rotatable bonds is 2. The molecule has 2 atom stereocenters. The highest BCUT2D eigenvalue weighted by Gasteiger charge is 2.46. The molecule has 0 amide bonds. The monoisotopic (exact) mass is 329 g/mol. The van der Waals surface area contributed by atoms with Gasteiger partial charge in [0, 0.05) is 17.5 Å². The van der Waals surface area contributed by atoms with Gasteiger partial charge in [0.25, 0.3) is 0 Å². The van der Waals surface area contributed by atoms with E-state index in [1.54, 1.807) is 38.1 Å². The average Bonchev–Trinajstić information content (AvgIpc) is 2.53. The number of hydrogen-bond donors (Lipinski definition) is 1. The summed E-state index contributed by atoms with van der Waals surface area (Å²) < 4.78 is 11.4. The Morgan fingerprint density at radius 2 is 1.88 bits per heavy atom. The SMILES string of the molecule is CC(N)C(=O)OC1CC2=C(OC1(C)C)c1ccccc1C(=O)C2=O. The molecule has 0 spiro atoms. The smallest absolute Gasteiger partial charge is 0.323 e. The minimum Gasteiger partial charge on any atom is -0.483 e. The van der Waals surface area contributed by atoms with Gasteiger partial charge in [-0.3, -0.25) is 14.4 Å². The van der Waals surface area contributed by atoms with E-state index in [2.05, 4.69) is 0 Å². The molecule has 0 bridgehead atoms. The maximum absolute atomic E-state index is 12.4. The third-order valence-corrected chi connectivity index (χ3v) is 4.33. The van der Waals surface area contributed by atoms with Crippen molar-refractivity contribution in [2.75, 3.05) is 0 Å². The Morgan fingerprint density at radius 1 is 1.25 bits per heavy atom. The van der Waals surface area contributed by atoms with Gasteiger partial charge in [0.2, 0.25) is 11.6 Å². The first-order valence-electron chi connectivity index (χ1n) is 7.79. The van der Waals surface area contributed by atoms with Crippen molar-refractivity contribution in [2.45, 2.75) is 44.9 Å². The van der Waals surface area contributed by atoms with Gasteiger partial charge < -0.3 is 15.2 Å². The van der Waals surface area contributed by atoms with Crippen LogP contribution in [0.4, 0.5) is 0 Å². The summed E-state index contributed by atoms with van der Waals surface area (Å²) in [7, 11) is 0. The molecule has 1 aromatic rings. The first-order chi connectivity index (χ1) is 11.2. The summed E-state index contributed by atoms with van der Waals surface area (Å²) in [5.74, 6) is -1.35. The number of carbonyl (C=O) groups excluding carboxylic acids is 3. The van der Waals surface area contributed by atoms with Crippen LogP contribution >= 0.6 is 0 Å². The Hall–Kier alpha value is -2.47. The fraction of sp³-hybridized carbons (Fsp3) is 0.389. The molecule has 2 unspecified atom stereocenters. The molecule has 1 aliphatic carbocycles. The highest BCUT2D eigenvalue weighted by Crippen LogP contribution is 2.42. The summed E-state index contributed by atoms with van der Waals surface area (Å²) in [6, 6.07) is 6.07. The van der Waals surface area contributed by atoms with Crippen molar-refractivity contribution in [3.63, 3.8) is 0 Å². The molecule has 1 heterocycles. The van der Waals surface area contributed by atoms with E-state index >= 15 is 0 Å². The van der Waals surface area contributed by atoms with E-state index in [4.69, 9.17) is 15.2 Å². The van der Waals surface area contributed by atoms with Crippen LogP contribution in [0.2, 0.25) is 0 Å². The Kier molecular flexibility index (Phi) is 3.80. The standard InChI is InChI=1S/C18H19NO5/c1-9(19)17(22)23-13-8-12-15(21)14(20)10-6-4-5-7-11(10)16(12)24-18(13,2)3/h4-7,9,13H,8,19H2,1-3H3. The maximum atomic E-state index is 12.4. The minimum absolute atomic E-state index is 0.125. The van der Waals surface area contributed by atoms with Crippen LogP contribution in [0.25, 0.3) is 5.76 Å². The second-order valence-electron chi connectivity index (χ2n) is 6.64. The largest absolute Gasteiger partial charge is 0.483 e. The molecular weight excluding hydrogens is 310 g/mol. The van der Waals surface area contributed by atoms with Crippen LogP contribution in [0.15, 0.2) is 29.8 Å². The van der Waals surface area contributed by atoms with Gasteiger partial charge >= 0.3 is 5.97 Å². The van der Waals surface area contributed by atoms with Crippen LogP contribution in [-0.2, 0) is 19.1 Å². The van der Waals surface area contributed by atoms with Crippen molar-refractivity contribution in [2.24, 2.45) is 5.73 Å². The van der Waals surface area contributed by atoms with Crippen LogP contribution in [0.5, 0.6) is 0 Å². The summed E-state index contributed by atoms with van der Waals surface area (Å²) in [6.07, 6.45) is -0.573. The molecule has 1 aromatic carbocycles. The number of esters is 1. The van der Waals surface area contributed by atoms with Crippen molar-refractivity contribution in [3.8, 4) is 0 Å². The van der Waals surface area contributed by atoms with Gasteiger partial charge in [0.05, 0.1) is 5.57 Å². The number of carbonyl (C=O) groups is 3. The highest BCUT2D eigenvalue weighted by molar-refractivity contribution is 6.52. The zero-order valence-corrected chi connectivity index (χ0v) is 13.8. The molecule has 0 radical (unpaired) electrons. The van der Waals surface area contributed by atoms with Crippen LogP contribution in [-0.4, -0.2) is 35.3 Å². The van der Waals surface area contributed by atoms with E-state index in [0.717, 1.165) is 0 Å². The Labute approximate surface area is 139 Å². The Balaban J connectivity index is 2.03. The normalized spacial score (nSPS) is 23.1. The maximum Gasteiger partial charge on any atom is 0.323 e. The van der Waals surface area contributed by atoms with Crippen molar-refractivity contribution in [1.29, 1.82) is 0 Å². The zero-order chi connectivity index (χ0) is 17.6. The fourth-order valence-corrected chi connectivity index (χ4v) is 2.90. The van der Waals surface area contributed by atoms with Crippen molar-refractivity contribution >= 4 is 23.3 Å². The summed E-state index contributed by atoms with van der Waals surface area (Å²) in [6.45, 7) is 5.08. The number of Topliss-reactive ketones (excluding diaryl/α,β-unsaturated/α-hetero) is 2. The Bertz CT molecular complexity index is 775. The van der Waals surface area contributed by atoms with E-state index in [9.17, 15) is 14.4 Å². The number of hydrogen-bond acceptors (Lipinski definition) is 6. The lowest BCUT2D eigenvalue weighted by molar-refractivity contribution is -0.164. The second kappa shape index (κ2) is 5.56. The number of benzene rings is 1. The molecule has 2 aliphatic rings. The van der Waals surface area contributed by atoms with Gasteiger partial charge in [-0.05, 0) is 20.8 Å². The quantitative estimate of drug-likeness (QED) is 0.654. The van der Waals surface area contributed by atoms with E-state index in [0.29, 0.717) is 16.9 Å². The molecule has 24 heavy (non-hydrogen) atoms. The molecule has 1 aliphatic heterocycles. The summed E-state index contributed by atoms with van der Waals surface area (Å²) >= 11 is 0. The fourth-order valence-electron chi connectivity index (χ4n) is 2.90. The van der Waals surface area contributed by atoms with Gasteiger partial charge in [-0.15, -0.1) is 0 Å². The predicted octanol–water partition coefficient (Wildman–Crippen LogP) is 1.62. The molecule has 0 fully saturated rings. The lowest BCUT2D eigenvalue weighted by atomic mass is 9.81. The van der Waals surface area contributed by atoms with Crippen LogP contribution in [0, 0.1) is 0 Å². The van der Waals surface area contributed by atoms with E-state index in [1.165, 1.54) is 6.92 Å². The molecule has 6 heteroatoms. The van der Waals surface area contributed by atoms with Crippen molar-refractivity contribution in [3.05, 3.63) is 41.0 Å². The van der Waals surface area contributed by atoms with Crippen molar-refractivity contribution < 1.29 is 23.9 Å². The molecule has 0 aromatic heterocycles. The van der Waals surface area contributed by atoms with Gasteiger partial charge in [0.1, 0.15) is 23.5 Å². The summed E-state index contributed by atoms with van der Waals surface area (Å²) in [4.78, 5) is 36.6. The molecule has 126 valence electrons. The second-order valence-corrected chi connectivity index (χ2v) is 6.64. The molecule has 0 saturated carbocycles. The van der Waals surface area contributed by atoms with Gasteiger partial charge in [-0.25, -0.2) is 0 Å². The summed E-state index contributed by atoms with van der Waals surface area (Å²) in [5, 5.41) is 0. The summed E-state index contributed by atoms with van der Waals surface area (Å²) in [5.41, 5.74) is 5.87. The van der Waals surface area contributed by atoms with Crippen LogP contribution < -0.4 is 5.73 Å². The van der Waals surface area contributed by atoms with Crippen molar-refractivity contribution in [1.82, 2.24) is 0 Å². The zero-order valence-electron chi connectivity index (χ0n) is 13.8.